The molecule has 0 saturated carbocycles. The van der Waals surface area contributed by atoms with Gasteiger partial charge in [0.25, 0.3) is 10.0 Å². The van der Waals surface area contributed by atoms with Gasteiger partial charge in [-0.3, -0.25) is 9.29 Å². The van der Waals surface area contributed by atoms with Gasteiger partial charge in [-0.05, 0) is 34.1 Å². The average Bonchev–Trinajstić information content (AvgIpc) is 2.46. The summed E-state index contributed by atoms with van der Waals surface area (Å²) in [6.07, 6.45) is 2.85. The van der Waals surface area contributed by atoms with Gasteiger partial charge in [-0.2, -0.15) is 0 Å². The number of sulfonamides is 1. The Kier molecular flexibility index (Phi) is 4.29. The highest BCUT2D eigenvalue weighted by Crippen LogP contribution is 2.26. The van der Waals surface area contributed by atoms with Gasteiger partial charge in [0.1, 0.15) is 10.6 Å². The zero-order valence-electron chi connectivity index (χ0n) is 10.9. The summed E-state index contributed by atoms with van der Waals surface area (Å²) in [6.45, 7) is 0. The van der Waals surface area contributed by atoms with Crippen molar-refractivity contribution >= 4 is 31.6 Å². The Morgan fingerprint density at radius 1 is 1.25 bits per heavy atom. The van der Waals surface area contributed by atoms with Crippen molar-refractivity contribution in [2.24, 2.45) is 0 Å². The van der Waals surface area contributed by atoms with Crippen LogP contribution in [0.25, 0.3) is 0 Å². The van der Waals surface area contributed by atoms with Crippen LogP contribution in [0, 0.1) is 0 Å². The lowest BCUT2D eigenvalue weighted by atomic mass is 10.3. The smallest absolute Gasteiger partial charge is 0.265 e. The Morgan fingerprint density at radius 2 is 2.00 bits per heavy atom. The number of halogens is 1. The minimum atomic E-state index is -3.65. The van der Waals surface area contributed by atoms with Crippen LogP contribution in [-0.4, -0.2) is 27.6 Å². The molecule has 0 unspecified atom stereocenters. The fourth-order valence-electron chi connectivity index (χ4n) is 1.64. The number of benzene rings is 1. The van der Waals surface area contributed by atoms with E-state index in [-0.39, 0.29) is 4.90 Å². The van der Waals surface area contributed by atoms with E-state index in [9.17, 15) is 8.42 Å². The molecule has 0 radical (unpaired) electrons. The van der Waals surface area contributed by atoms with Gasteiger partial charge in [0.05, 0.1) is 12.8 Å². The van der Waals surface area contributed by atoms with E-state index in [4.69, 9.17) is 4.74 Å². The third-order valence-electron chi connectivity index (χ3n) is 2.76. The molecule has 0 aliphatic heterocycles. The van der Waals surface area contributed by atoms with Gasteiger partial charge in [-0.1, -0.05) is 6.07 Å². The minimum Gasteiger partial charge on any atom is -0.497 e. The summed E-state index contributed by atoms with van der Waals surface area (Å²) in [7, 11) is -0.630. The maximum atomic E-state index is 12.5. The van der Waals surface area contributed by atoms with E-state index >= 15 is 0 Å². The van der Waals surface area contributed by atoms with Crippen LogP contribution in [-0.2, 0) is 10.0 Å². The van der Waals surface area contributed by atoms with Gasteiger partial charge in [-0.15, -0.1) is 0 Å². The SMILES string of the molecule is COc1cccc(N(C)S(=O)(=O)c2cncc(Br)c2)c1. The van der Waals surface area contributed by atoms with Gasteiger partial charge in [0, 0.05) is 30.0 Å². The summed E-state index contributed by atoms with van der Waals surface area (Å²) >= 11 is 3.22. The molecule has 1 aromatic heterocycles. The van der Waals surface area contributed by atoms with Gasteiger partial charge >= 0.3 is 0 Å². The molecule has 106 valence electrons. The van der Waals surface area contributed by atoms with Crippen molar-refractivity contribution in [3.63, 3.8) is 0 Å². The van der Waals surface area contributed by atoms with Crippen LogP contribution in [0.15, 0.2) is 52.1 Å². The first-order valence-electron chi connectivity index (χ1n) is 5.68. The molecule has 7 heteroatoms. The average molecular weight is 357 g/mol. The second kappa shape index (κ2) is 5.80. The third-order valence-corrected chi connectivity index (χ3v) is 4.94. The van der Waals surface area contributed by atoms with Crippen LogP contribution in [0.1, 0.15) is 0 Å². The van der Waals surface area contributed by atoms with Crippen LogP contribution in [0.2, 0.25) is 0 Å². The van der Waals surface area contributed by atoms with E-state index < -0.39 is 10.0 Å². The number of rotatable bonds is 4. The van der Waals surface area contributed by atoms with E-state index in [1.807, 2.05) is 0 Å². The number of aromatic nitrogens is 1. The lowest BCUT2D eigenvalue weighted by Gasteiger charge is -2.19. The largest absolute Gasteiger partial charge is 0.497 e. The molecule has 0 saturated heterocycles. The Bertz CT molecular complexity index is 719. The maximum absolute atomic E-state index is 12.5. The molecule has 0 aliphatic carbocycles. The Hall–Kier alpha value is -1.60. The standard InChI is InChI=1S/C13H13BrN2O3S/c1-16(11-4-3-5-12(7-11)19-2)20(17,18)13-6-10(14)8-15-9-13/h3-9H,1-2H3. The molecule has 0 amide bonds. The van der Waals surface area contributed by atoms with E-state index in [2.05, 4.69) is 20.9 Å². The van der Waals surface area contributed by atoms with E-state index in [1.165, 1.54) is 36.9 Å². The van der Waals surface area contributed by atoms with Crippen molar-refractivity contribution in [2.75, 3.05) is 18.5 Å². The molecule has 1 heterocycles. The lowest BCUT2D eigenvalue weighted by Crippen LogP contribution is -2.26. The van der Waals surface area contributed by atoms with Gasteiger partial charge in [0.15, 0.2) is 0 Å². The second-order valence-electron chi connectivity index (χ2n) is 4.01. The molecule has 5 nitrogen and oxygen atoms in total. The van der Waals surface area contributed by atoms with Crippen molar-refractivity contribution in [1.82, 2.24) is 4.98 Å². The molecule has 0 aliphatic rings. The minimum absolute atomic E-state index is 0.122. The predicted octanol–water partition coefficient (Wildman–Crippen LogP) is 2.68. The molecule has 20 heavy (non-hydrogen) atoms. The van der Waals surface area contributed by atoms with Crippen molar-refractivity contribution in [1.29, 1.82) is 0 Å². The predicted molar refractivity (Wildman–Crippen MR) is 80.5 cm³/mol. The van der Waals surface area contributed by atoms with Crippen LogP contribution in [0.4, 0.5) is 5.69 Å². The summed E-state index contributed by atoms with van der Waals surface area (Å²) < 4.78 is 31.9. The van der Waals surface area contributed by atoms with Crippen LogP contribution >= 0.6 is 15.9 Å². The molecule has 2 aromatic rings. The van der Waals surface area contributed by atoms with Crippen LogP contribution in [0.5, 0.6) is 5.75 Å². The number of hydrogen-bond acceptors (Lipinski definition) is 4. The van der Waals surface area contributed by atoms with E-state index in [0.29, 0.717) is 15.9 Å². The molecule has 0 bridgehead atoms. The quantitative estimate of drug-likeness (QED) is 0.844. The number of methoxy groups -OCH3 is 1. The highest BCUT2D eigenvalue weighted by atomic mass is 79.9. The van der Waals surface area contributed by atoms with E-state index in [0.717, 1.165) is 0 Å². The lowest BCUT2D eigenvalue weighted by molar-refractivity contribution is 0.415. The fourth-order valence-corrected chi connectivity index (χ4v) is 3.33. The first-order valence-corrected chi connectivity index (χ1v) is 7.92. The Labute approximate surface area is 126 Å². The van der Waals surface area contributed by atoms with Crippen molar-refractivity contribution in [2.45, 2.75) is 4.90 Å². The highest BCUT2D eigenvalue weighted by molar-refractivity contribution is 9.10. The van der Waals surface area contributed by atoms with Crippen LogP contribution in [0.3, 0.4) is 0 Å². The van der Waals surface area contributed by atoms with E-state index in [1.54, 1.807) is 24.3 Å². The summed E-state index contributed by atoms with van der Waals surface area (Å²) in [5, 5.41) is 0. The number of nitrogens with zero attached hydrogens (tertiary/aromatic N) is 2. The summed E-state index contributed by atoms with van der Waals surface area (Å²) in [6, 6.07) is 8.36. The van der Waals surface area contributed by atoms with Crippen molar-refractivity contribution in [3.8, 4) is 5.75 Å². The molecule has 0 N–H and O–H groups in total. The molecule has 1 aromatic carbocycles. The number of ether oxygens (including phenoxy) is 1. The molecule has 2 rings (SSSR count). The summed E-state index contributed by atoms with van der Waals surface area (Å²) in [5.74, 6) is 0.594. The molecule has 0 fully saturated rings. The maximum Gasteiger partial charge on any atom is 0.265 e. The first kappa shape index (κ1) is 14.8. The fraction of sp³-hybridized carbons (Fsp3) is 0.154. The Morgan fingerprint density at radius 3 is 2.65 bits per heavy atom. The molecular formula is C13H13BrN2O3S. The zero-order valence-corrected chi connectivity index (χ0v) is 13.3. The normalized spacial score (nSPS) is 11.2. The zero-order chi connectivity index (χ0) is 14.8. The number of pyridine rings is 1. The van der Waals surface area contributed by atoms with Crippen LogP contribution < -0.4 is 9.04 Å². The first-order chi connectivity index (χ1) is 9.45. The van der Waals surface area contributed by atoms with Crippen molar-refractivity contribution in [3.05, 3.63) is 47.2 Å². The van der Waals surface area contributed by atoms with Crippen molar-refractivity contribution < 1.29 is 13.2 Å². The van der Waals surface area contributed by atoms with Gasteiger partial charge in [-0.25, -0.2) is 8.42 Å². The van der Waals surface area contributed by atoms with Gasteiger partial charge < -0.3 is 4.74 Å². The monoisotopic (exact) mass is 356 g/mol. The summed E-state index contributed by atoms with van der Waals surface area (Å²) in [4.78, 5) is 4.01. The summed E-state index contributed by atoms with van der Waals surface area (Å²) in [5.41, 5.74) is 0.518. The highest BCUT2D eigenvalue weighted by Gasteiger charge is 2.22. The molecular weight excluding hydrogens is 344 g/mol. The topological polar surface area (TPSA) is 59.5 Å². The third kappa shape index (κ3) is 2.94. The second-order valence-corrected chi connectivity index (χ2v) is 6.90. The molecule has 0 atom stereocenters. The van der Waals surface area contributed by atoms with Gasteiger partial charge in [0.2, 0.25) is 0 Å². The Balaban J connectivity index is 2.43. The molecule has 0 spiro atoms. The number of anilines is 1. The number of hydrogen-bond donors (Lipinski definition) is 0.